The summed E-state index contributed by atoms with van der Waals surface area (Å²) < 4.78 is 27.1. The zero-order chi connectivity index (χ0) is 38.3. The highest BCUT2D eigenvalue weighted by Gasteiger charge is 2.56. The van der Waals surface area contributed by atoms with Crippen LogP contribution in [0.2, 0.25) is 0 Å². The normalized spacial score (nSPS) is 18.0. The van der Waals surface area contributed by atoms with Crippen molar-refractivity contribution in [1.82, 2.24) is 35.1 Å². The van der Waals surface area contributed by atoms with Crippen LogP contribution in [0, 0.1) is 18.2 Å². The van der Waals surface area contributed by atoms with Gasteiger partial charge < -0.3 is 24.7 Å². The predicted octanol–water partition coefficient (Wildman–Crippen LogP) is 5.28. The lowest BCUT2D eigenvalue weighted by Crippen LogP contribution is -2.52. The lowest BCUT2D eigenvalue weighted by Gasteiger charge is -2.25. The molecule has 54 heavy (non-hydrogen) atoms. The Morgan fingerprint density at radius 3 is 2.37 bits per heavy atom. The predicted molar refractivity (Wildman–Crippen MR) is 195 cm³/mol. The number of H-pyrrole nitrogens is 1. The average Bonchev–Trinajstić information content (AvgIpc) is 3.59. The summed E-state index contributed by atoms with van der Waals surface area (Å²) in [5.41, 5.74) is 0.416. The number of carbonyl (C=O) groups excluding carboxylic acids is 4. The zero-order valence-corrected chi connectivity index (χ0v) is 30.6. The molecule has 2 atom stereocenters. The molecule has 2 aromatic carbocycles. The van der Waals surface area contributed by atoms with E-state index in [0.717, 1.165) is 17.7 Å². The van der Waals surface area contributed by atoms with Gasteiger partial charge in [0.25, 0.3) is 11.8 Å². The zero-order valence-electron chi connectivity index (χ0n) is 30.6. The lowest BCUT2D eigenvalue weighted by atomic mass is 10.0. The third kappa shape index (κ3) is 6.00. The number of hydrogen-bond donors (Lipinski definition) is 2. The Morgan fingerprint density at radius 1 is 1.07 bits per heavy atom. The maximum absolute atomic E-state index is 15.5. The summed E-state index contributed by atoms with van der Waals surface area (Å²) in [5.74, 6) is -0.799. The molecule has 1 saturated heterocycles. The molecular weight excluding hydrogens is 697 g/mol. The molecule has 1 spiro atoms. The van der Waals surface area contributed by atoms with Gasteiger partial charge in [0.05, 0.1) is 46.2 Å². The molecule has 1 saturated carbocycles. The SMILES string of the molecule is Cc1ncc(Oc2nc(N3C[C@H](NC(=O)[C@H](C)N4C(=O)c5ccccc5C4=O)C4(CC4)C3)c3c(n2)[nH]c2c(N(C)C(=O)OC(C)(C)C)cc(F)cc23)cn1. The fraction of sp³-hybridized carbons (Fsp3) is 0.368. The van der Waals surface area contributed by atoms with E-state index in [9.17, 15) is 19.2 Å². The Kier molecular flexibility index (Phi) is 8.04. The van der Waals surface area contributed by atoms with Gasteiger partial charge in [0.15, 0.2) is 5.75 Å². The van der Waals surface area contributed by atoms with Crippen LogP contribution in [-0.2, 0) is 9.53 Å². The number of imide groups is 1. The van der Waals surface area contributed by atoms with E-state index < -0.39 is 41.3 Å². The molecular formula is C38H38FN9O6. The van der Waals surface area contributed by atoms with Crippen LogP contribution in [0.1, 0.15) is 67.1 Å². The van der Waals surface area contributed by atoms with Gasteiger partial charge in [-0.3, -0.25) is 24.2 Å². The van der Waals surface area contributed by atoms with Crippen LogP contribution in [0.15, 0.2) is 48.8 Å². The van der Waals surface area contributed by atoms with Crippen molar-refractivity contribution in [2.45, 2.75) is 65.1 Å². The molecule has 0 bridgehead atoms. The molecule has 8 rings (SSSR count). The number of nitrogens with zero attached hydrogens (tertiary/aromatic N) is 7. The number of benzene rings is 2. The van der Waals surface area contributed by atoms with Gasteiger partial charge in [0.2, 0.25) is 5.91 Å². The van der Waals surface area contributed by atoms with Crippen molar-refractivity contribution < 1.29 is 33.0 Å². The smallest absolute Gasteiger partial charge is 0.414 e. The van der Waals surface area contributed by atoms with E-state index in [1.165, 1.54) is 36.5 Å². The molecule has 5 heterocycles. The Hall–Kier alpha value is -6.19. The van der Waals surface area contributed by atoms with Gasteiger partial charge in [-0.25, -0.2) is 19.2 Å². The van der Waals surface area contributed by atoms with Gasteiger partial charge in [-0.15, -0.1) is 0 Å². The third-order valence-corrected chi connectivity index (χ3v) is 10.2. The monoisotopic (exact) mass is 735 g/mol. The number of ether oxygens (including phenoxy) is 2. The second-order valence-corrected chi connectivity index (χ2v) is 15.1. The van der Waals surface area contributed by atoms with Crippen LogP contribution in [-0.4, -0.2) is 91.5 Å². The molecule has 15 nitrogen and oxygen atoms in total. The molecule has 4 amide bonds. The van der Waals surface area contributed by atoms with Crippen LogP contribution < -0.4 is 19.9 Å². The summed E-state index contributed by atoms with van der Waals surface area (Å²) in [6.07, 6.45) is 3.97. The van der Waals surface area contributed by atoms with Crippen molar-refractivity contribution >= 4 is 57.3 Å². The Bertz CT molecular complexity index is 2350. The van der Waals surface area contributed by atoms with Crippen LogP contribution in [0.4, 0.5) is 20.7 Å². The van der Waals surface area contributed by atoms with Crippen LogP contribution in [0.3, 0.4) is 0 Å². The molecule has 3 aromatic heterocycles. The molecule has 16 heteroatoms. The van der Waals surface area contributed by atoms with Gasteiger partial charge >= 0.3 is 12.1 Å². The molecule has 0 radical (unpaired) electrons. The first-order valence-corrected chi connectivity index (χ1v) is 17.6. The first kappa shape index (κ1) is 34.9. The highest BCUT2D eigenvalue weighted by Crippen LogP contribution is 2.54. The number of amides is 4. The molecule has 2 aliphatic heterocycles. The Balaban J connectivity index is 1.16. The number of hydrogen-bond acceptors (Lipinski definition) is 11. The highest BCUT2D eigenvalue weighted by molar-refractivity contribution is 6.23. The van der Waals surface area contributed by atoms with Crippen molar-refractivity contribution in [2.24, 2.45) is 5.41 Å². The minimum atomic E-state index is -1.05. The van der Waals surface area contributed by atoms with Gasteiger partial charge in [-0.05, 0) is 71.7 Å². The number of aromatic nitrogens is 5. The fourth-order valence-corrected chi connectivity index (χ4v) is 7.28. The van der Waals surface area contributed by atoms with E-state index in [4.69, 9.17) is 14.5 Å². The second kappa shape index (κ2) is 12.5. The number of aryl methyl sites for hydroxylation is 1. The lowest BCUT2D eigenvalue weighted by molar-refractivity contribution is -0.125. The number of halogens is 1. The van der Waals surface area contributed by atoms with Crippen LogP contribution >= 0.6 is 0 Å². The number of anilines is 2. The Labute approximate surface area is 308 Å². The standard InChI is InChI=1S/C38H38FN9O6/c1-19(48-33(50)23-9-7-8-10-24(23)34(48)51)32(49)42-27-17-47(18-38(27)11-12-38)31-28-25-13-21(39)14-26(46(6)36(52)54-37(3,4)5)29(25)43-30(28)44-35(45-31)53-22-15-40-20(2)41-16-22/h7-10,13-16,19,27H,11-12,17-18H2,1-6H3,(H,42,49)(H,43,44,45)/t19-,27-/m0/s1. The summed E-state index contributed by atoms with van der Waals surface area (Å²) in [5, 5.41) is 4.04. The minimum absolute atomic E-state index is 0.0318. The van der Waals surface area contributed by atoms with E-state index in [0.29, 0.717) is 52.4 Å². The van der Waals surface area contributed by atoms with Crippen molar-refractivity contribution in [3.8, 4) is 11.8 Å². The number of aromatic amines is 1. The van der Waals surface area contributed by atoms with Crippen LogP contribution in [0.5, 0.6) is 11.8 Å². The van der Waals surface area contributed by atoms with Crippen molar-refractivity contribution in [3.63, 3.8) is 0 Å². The fourth-order valence-electron chi connectivity index (χ4n) is 7.28. The first-order chi connectivity index (χ1) is 25.6. The average molecular weight is 736 g/mol. The van der Waals surface area contributed by atoms with E-state index >= 15 is 4.39 Å². The summed E-state index contributed by atoms with van der Waals surface area (Å²) in [6, 6.07) is 7.67. The summed E-state index contributed by atoms with van der Waals surface area (Å²) in [7, 11) is 1.50. The van der Waals surface area contributed by atoms with Crippen molar-refractivity contribution in [1.29, 1.82) is 0 Å². The van der Waals surface area contributed by atoms with E-state index in [2.05, 4.69) is 25.3 Å². The molecule has 2 N–H and O–H groups in total. The molecule has 0 unspecified atom stereocenters. The van der Waals surface area contributed by atoms with Crippen molar-refractivity contribution in [2.75, 3.05) is 29.9 Å². The molecule has 278 valence electrons. The number of rotatable bonds is 7. The maximum Gasteiger partial charge on any atom is 0.414 e. The van der Waals surface area contributed by atoms with E-state index in [1.54, 1.807) is 58.9 Å². The number of fused-ring (bicyclic) bond motifs is 4. The number of nitrogens with one attached hydrogen (secondary N) is 2. The summed E-state index contributed by atoms with van der Waals surface area (Å²) in [6.45, 7) is 9.33. The largest absolute Gasteiger partial charge is 0.443 e. The molecule has 2 fully saturated rings. The molecule has 1 aliphatic carbocycles. The van der Waals surface area contributed by atoms with Crippen molar-refractivity contribution in [3.05, 3.63) is 71.6 Å². The van der Waals surface area contributed by atoms with E-state index in [-0.39, 0.29) is 34.3 Å². The molecule has 5 aromatic rings. The summed E-state index contributed by atoms with van der Waals surface area (Å²) >= 11 is 0. The van der Waals surface area contributed by atoms with Gasteiger partial charge in [0, 0.05) is 30.9 Å². The second-order valence-electron chi connectivity index (χ2n) is 15.1. The number of carbonyl (C=O) groups is 4. The van der Waals surface area contributed by atoms with Gasteiger partial charge in [0.1, 0.15) is 34.7 Å². The topological polar surface area (TPSA) is 176 Å². The quantitative estimate of drug-likeness (QED) is 0.208. The van der Waals surface area contributed by atoms with Gasteiger partial charge in [-0.1, -0.05) is 12.1 Å². The van der Waals surface area contributed by atoms with Crippen LogP contribution in [0.25, 0.3) is 21.9 Å². The maximum atomic E-state index is 15.5. The third-order valence-electron chi connectivity index (χ3n) is 10.2. The highest BCUT2D eigenvalue weighted by atomic mass is 19.1. The van der Waals surface area contributed by atoms with Gasteiger partial charge in [-0.2, -0.15) is 9.97 Å². The Morgan fingerprint density at radius 2 is 1.74 bits per heavy atom. The van der Waals surface area contributed by atoms with E-state index in [1.807, 2.05) is 4.90 Å². The molecule has 3 aliphatic rings. The summed E-state index contributed by atoms with van der Waals surface area (Å²) in [4.78, 5) is 78.6. The minimum Gasteiger partial charge on any atom is -0.443 e. The first-order valence-electron chi connectivity index (χ1n) is 17.6.